The van der Waals surface area contributed by atoms with Gasteiger partial charge in [0.2, 0.25) is 0 Å². The zero-order valence-electron chi connectivity index (χ0n) is 9.44. The van der Waals surface area contributed by atoms with Crippen molar-refractivity contribution in [3.05, 3.63) is 24.3 Å². The van der Waals surface area contributed by atoms with E-state index in [4.69, 9.17) is 4.74 Å². The molecule has 3 nitrogen and oxygen atoms in total. The monoisotopic (exact) mass is 228 g/mol. The summed E-state index contributed by atoms with van der Waals surface area (Å²) in [6, 6.07) is 6.53. The predicted molar refractivity (Wildman–Crippen MR) is 59.9 cm³/mol. The van der Waals surface area contributed by atoms with Crippen LogP contribution in [0.4, 0.5) is 0 Å². The zero-order chi connectivity index (χ0) is 11.7. The van der Waals surface area contributed by atoms with Gasteiger partial charge in [-0.25, -0.2) is 8.42 Å². The van der Waals surface area contributed by atoms with Gasteiger partial charge in [-0.2, -0.15) is 0 Å². The number of hydrogen-bond acceptors (Lipinski definition) is 3. The van der Waals surface area contributed by atoms with E-state index in [1.807, 2.05) is 20.8 Å². The normalized spacial score (nSPS) is 12.5. The summed E-state index contributed by atoms with van der Waals surface area (Å²) < 4.78 is 28.2. The second-order valence-corrected chi connectivity index (χ2v) is 6.48. The minimum absolute atomic E-state index is 0.282. The Morgan fingerprint density at radius 3 is 2.27 bits per heavy atom. The van der Waals surface area contributed by atoms with Gasteiger partial charge >= 0.3 is 0 Å². The third-order valence-corrected chi connectivity index (χ3v) is 2.77. The molecule has 0 spiro atoms. The van der Waals surface area contributed by atoms with E-state index in [-0.39, 0.29) is 10.5 Å². The lowest BCUT2D eigenvalue weighted by Gasteiger charge is -2.21. The molecule has 0 bridgehead atoms. The van der Waals surface area contributed by atoms with Crippen LogP contribution in [0.1, 0.15) is 20.8 Å². The largest absolute Gasteiger partial charge is 0.488 e. The van der Waals surface area contributed by atoms with Gasteiger partial charge < -0.3 is 4.74 Å². The molecule has 0 aliphatic heterocycles. The standard InChI is InChI=1S/C11H16O3S/c1-11(2,3)14-9-6-5-7-10(8-9)15(4,12)13/h5-8H,1-4H3. The van der Waals surface area contributed by atoms with E-state index in [1.54, 1.807) is 24.3 Å². The van der Waals surface area contributed by atoms with Crippen molar-refractivity contribution in [1.29, 1.82) is 0 Å². The second kappa shape index (κ2) is 3.85. The van der Waals surface area contributed by atoms with E-state index in [1.165, 1.54) is 6.26 Å². The lowest BCUT2D eigenvalue weighted by molar-refractivity contribution is 0.130. The highest BCUT2D eigenvalue weighted by atomic mass is 32.2. The van der Waals surface area contributed by atoms with E-state index in [9.17, 15) is 8.42 Å². The molecular formula is C11H16O3S. The summed E-state index contributed by atoms with van der Waals surface area (Å²) in [7, 11) is -3.16. The van der Waals surface area contributed by atoms with Crippen molar-refractivity contribution in [3.63, 3.8) is 0 Å². The van der Waals surface area contributed by atoms with Crippen molar-refractivity contribution in [2.45, 2.75) is 31.3 Å². The van der Waals surface area contributed by atoms with Gasteiger partial charge in [0.05, 0.1) is 4.90 Å². The lowest BCUT2D eigenvalue weighted by atomic mass is 10.2. The van der Waals surface area contributed by atoms with Gasteiger partial charge in [-0.1, -0.05) is 6.07 Å². The molecule has 0 aliphatic rings. The number of rotatable bonds is 2. The van der Waals surface area contributed by atoms with Gasteiger partial charge in [0.15, 0.2) is 9.84 Å². The van der Waals surface area contributed by atoms with Crippen LogP contribution in [-0.4, -0.2) is 20.3 Å². The lowest BCUT2D eigenvalue weighted by Crippen LogP contribution is -2.23. The van der Waals surface area contributed by atoms with Gasteiger partial charge in [-0.05, 0) is 39.0 Å². The molecule has 0 radical (unpaired) electrons. The third kappa shape index (κ3) is 3.91. The van der Waals surface area contributed by atoms with E-state index in [0.29, 0.717) is 5.75 Å². The van der Waals surface area contributed by atoms with Gasteiger partial charge in [0.25, 0.3) is 0 Å². The van der Waals surface area contributed by atoms with Gasteiger partial charge in [-0.15, -0.1) is 0 Å². The minimum atomic E-state index is -3.16. The number of hydrogen-bond donors (Lipinski definition) is 0. The zero-order valence-corrected chi connectivity index (χ0v) is 10.3. The molecule has 84 valence electrons. The van der Waals surface area contributed by atoms with Crippen molar-refractivity contribution >= 4 is 9.84 Å². The average molecular weight is 228 g/mol. The summed E-state index contributed by atoms with van der Waals surface area (Å²) in [4.78, 5) is 0.282. The maximum absolute atomic E-state index is 11.3. The second-order valence-electron chi connectivity index (χ2n) is 4.46. The van der Waals surface area contributed by atoms with Crippen LogP contribution in [0.15, 0.2) is 29.2 Å². The molecule has 0 aromatic heterocycles. The van der Waals surface area contributed by atoms with Crippen LogP contribution in [0.5, 0.6) is 5.75 Å². The van der Waals surface area contributed by atoms with Crippen molar-refractivity contribution < 1.29 is 13.2 Å². The molecule has 0 unspecified atom stereocenters. The maximum atomic E-state index is 11.3. The molecule has 0 amide bonds. The van der Waals surface area contributed by atoms with Crippen LogP contribution >= 0.6 is 0 Å². The number of sulfone groups is 1. The van der Waals surface area contributed by atoms with Gasteiger partial charge in [0.1, 0.15) is 11.4 Å². The van der Waals surface area contributed by atoms with Crippen LogP contribution < -0.4 is 4.74 Å². The van der Waals surface area contributed by atoms with Gasteiger partial charge in [-0.3, -0.25) is 0 Å². The quantitative estimate of drug-likeness (QED) is 0.780. The molecule has 0 heterocycles. The average Bonchev–Trinajstić information content (AvgIpc) is 1.99. The Morgan fingerprint density at radius 1 is 1.20 bits per heavy atom. The maximum Gasteiger partial charge on any atom is 0.175 e. The summed E-state index contributed by atoms with van der Waals surface area (Å²) in [6.07, 6.45) is 1.18. The van der Waals surface area contributed by atoms with E-state index in [2.05, 4.69) is 0 Å². The van der Waals surface area contributed by atoms with Crippen molar-refractivity contribution in [2.24, 2.45) is 0 Å². The molecule has 0 saturated carbocycles. The topological polar surface area (TPSA) is 43.4 Å². The summed E-state index contributed by atoms with van der Waals surface area (Å²) in [5.41, 5.74) is -0.323. The SMILES string of the molecule is CC(C)(C)Oc1cccc(S(C)(=O)=O)c1. The smallest absolute Gasteiger partial charge is 0.175 e. The highest BCUT2D eigenvalue weighted by molar-refractivity contribution is 7.90. The molecule has 1 rings (SSSR count). The van der Waals surface area contributed by atoms with Crippen LogP contribution in [-0.2, 0) is 9.84 Å². The molecule has 15 heavy (non-hydrogen) atoms. The minimum Gasteiger partial charge on any atom is -0.488 e. The first-order valence-corrected chi connectivity index (χ1v) is 6.57. The molecule has 4 heteroatoms. The Morgan fingerprint density at radius 2 is 1.80 bits per heavy atom. The first-order valence-electron chi connectivity index (χ1n) is 4.68. The molecule has 0 fully saturated rings. The Kier molecular flexibility index (Phi) is 3.09. The van der Waals surface area contributed by atoms with E-state index >= 15 is 0 Å². The highest BCUT2D eigenvalue weighted by Crippen LogP contribution is 2.21. The Balaban J connectivity index is 3.04. The molecule has 0 saturated heterocycles. The van der Waals surface area contributed by atoms with E-state index in [0.717, 1.165) is 0 Å². The van der Waals surface area contributed by atoms with Crippen molar-refractivity contribution in [3.8, 4) is 5.75 Å². The third-order valence-electron chi connectivity index (χ3n) is 1.66. The first kappa shape index (κ1) is 12.0. The molecular weight excluding hydrogens is 212 g/mol. The fraction of sp³-hybridized carbons (Fsp3) is 0.455. The summed E-state index contributed by atoms with van der Waals surface area (Å²) >= 11 is 0. The summed E-state index contributed by atoms with van der Waals surface area (Å²) in [5, 5.41) is 0. The molecule has 0 N–H and O–H groups in total. The Bertz CT molecular complexity index is 441. The molecule has 0 atom stereocenters. The summed E-state index contributed by atoms with van der Waals surface area (Å²) in [6.45, 7) is 5.75. The van der Waals surface area contributed by atoms with Crippen LogP contribution in [0.25, 0.3) is 0 Å². The van der Waals surface area contributed by atoms with Gasteiger partial charge in [0, 0.05) is 6.26 Å². The van der Waals surface area contributed by atoms with Crippen LogP contribution in [0.3, 0.4) is 0 Å². The van der Waals surface area contributed by atoms with E-state index < -0.39 is 9.84 Å². The fourth-order valence-electron chi connectivity index (χ4n) is 1.12. The Labute approximate surface area is 91.0 Å². The van der Waals surface area contributed by atoms with Crippen LogP contribution in [0, 0.1) is 0 Å². The first-order chi connectivity index (χ1) is 6.68. The summed E-state index contributed by atoms with van der Waals surface area (Å²) in [5.74, 6) is 0.574. The number of benzene rings is 1. The van der Waals surface area contributed by atoms with Crippen molar-refractivity contribution in [1.82, 2.24) is 0 Å². The fourth-order valence-corrected chi connectivity index (χ4v) is 1.78. The highest BCUT2D eigenvalue weighted by Gasteiger charge is 2.13. The molecule has 1 aromatic rings. The van der Waals surface area contributed by atoms with Crippen LogP contribution in [0.2, 0.25) is 0 Å². The number of ether oxygens (including phenoxy) is 1. The predicted octanol–water partition coefficient (Wildman–Crippen LogP) is 2.27. The molecule has 0 aliphatic carbocycles. The van der Waals surface area contributed by atoms with Crippen molar-refractivity contribution in [2.75, 3.05) is 6.26 Å². The molecule has 1 aromatic carbocycles. The Hall–Kier alpha value is -1.03.